The number of rotatable bonds is 8. The summed E-state index contributed by atoms with van der Waals surface area (Å²) in [6.45, 7) is 1.87. The van der Waals surface area contributed by atoms with Gasteiger partial charge in [0, 0.05) is 5.92 Å². The molecule has 2 aromatic heterocycles. The molecule has 30 heavy (non-hydrogen) atoms. The number of sulfone groups is 1. The van der Waals surface area contributed by atoms with Crippen molar-refractivity contribution in [3.05, 3.63) is 65.6 Å². The number of aromatic nitrogens is 3. The number of benzene rings is 1. The number of nitrogens with zero attached hydrogens (tertiary/aromatic N) is 3. The Kier molecular flexibility index (Phi) is 5.42. The summed E-state index contributed by atoms with van der Waals surface area (Å²) in [6, 6.07) is 8.62. The van der Waals surface area contributed by atoms with Gasteiger partial charge in [0.15, 0.2) is 0 Å². The highest BCUT2D eigenvalue weighted by atomic mass is 32.2. The maximum atomic E-state index is 13.1. The van der Waals surface area contributed by atoms with Gasteiger partial charge in [-0.3, -0.25) is 9.36 Å². The van der Waals surface area contributed by atoms with Gasteiger partial charge in [-0.2, -0.15) is 0 Å². The first-order valence-electron chi connectivity index (χ1n) is 9.56. The topological polar surface area (TPSA) is 107 Å². The van der Waals surface area contributed by atoms with Gasteiger partial charge >= 0.3 is 0 Å². The molecule has 0 bridgehead atoms. The Morgan fingerprint density at radius 1 is 1.27 bits per heavy atom. The van der Waals surface area contributed by atoms with Gasteiger partial charge in [0.25, 0.3) is 5.16 Å². The largest absolute Gasteiger partial charge is 0.467 e. The van der Waals surface area contributed by atoms with Gasteiger partial charge in [-0.15, -0.1) is 10.2 Å². The van der Waals surface area contributed by atoms with Gasteiger partial charge in [0.05, 0.1) is 18.8 Å². The van der Waals surface area contributed by atoms with E-state index >= 15 is 0 Å². The van der Waals surface area contributed by atoms with Crippen LogP contribution in [0.4, 0.5) is 4.39 Å². The number of amides is 1. The summed E-state index contributed by atoms with van der Waals surface area (Å²) >= 11 is 0. The molecule has 8 nitrogen and oxygen atoms in total. The number of furan rings is 1. The summed E-state index contributed by atoms with van der Waals surface area (Å²) in [5.41, 5.74) is 0.666. The fourth-order valence-corrected chi connectivity index (χ4v) is 4.45. The van der Waals surface area contributed by atoms with Crippen LogP contribution in [0, 0.1) is 5.82 Å². The van der Waals surface area contributed by atoms with E-state index in [9.17, 15) is 17.6 Å². The minimum absolute atomic E-state index is 0.170. The molecule has 1 N–H and O–H groups in total. The molecule has 3 aromatic rings. The maximum absolute atomic E-state index is 13.1. The third kappa shape index (κ3) is 4.43. The summed E-state index contributed by atoms with van der Waals surface area (Å²) in [5, 5.41) is 10.4. The highest BCUT2D eigenvalue weighted by Crippen LogP contribution is 2.39. The Labute approximate surface area is 173 Å². The molecule has 4 rings (SSSR count). The van der Waals surface area contributed by atoms with E-state index in [1.807, 2.05) is 0 Å². The number of hydrogen-bond donors (Lipinski definition) is 1. The first kappa shape index (κ1) is 20.3. The molecule has 0 aliphatic heterocycles. The lowest BCUT2D eigenvalue weighted by molar-refractivity contribution is -0.119. The van der Waals surface area contributed by atoms with Gasteiger partial charge < -0.3 is 9.73 Å². The number of hydrogen-bond acceptors (Lipinski definition) is 6. The van der Waals surface area contributed by atoms with Crippen LogP contribution in [0.15, 0.2) is 52.2 Å². The fourth-order valence-electron chi connectivity index (χ4n) is 3.24. The monoisotopic (exact) mass is 432 g/mol. The van der Waals surface area contributed by atoms with E-state index in [1.54, 1.807) is 19.1 Å². The van der Waals surface area contributed by atoms with Gasteiger partial charge in [0.1, 0.15) is 23.2 Å². The van der Waals surface area contributed by atoms with E-state index in [1.165, 1.54) is 35.1 Å². The summed E-state index contributed by atoms with van der Waals surface area (Å²) < 4.78 is 45.8. The summed E-state index contributed by atoms with van der Waals surface area (Å²) in [6.07, 6.45) is 3.35. The second-order valence-corrected chi connectivity index (χ2v) is 9.26. The van der Waals surface area contributed by atoms with E-state index in [2.05, 4.69) is 15.5 Å². The molecule has 0 spiro atoms. The quantitative estimate of drug-likeness (QED) is 0.586. The first-order valence-corrected chi connectivity index (χ1v) is 11.2. The second kappa shape index (κ2) is 8.02. The van der Waals surface area contributed by atoms with Crippen molar-refractivity contribution in [2.24, 2.45) is 0 Å². The van der Waals surface area contributed by atoms with Gasteiger partial charge in [-0.25, -0.2) is 12.8 Å². The van der Waals surface area contributed by atoms with Crippen LogP contribution in [0.1, 0.15) is 48.9 Å². The van der Waals surface area contributed by atoms with Gasteiger partial charge in [0.2, 0.25) is 15.7 Å². The van der Waals surface area contributed by atoms with Gasteiger partial charge in [-0.05, 0) is 49.6 Å². The summed E-state index contributed by atoms with van der Waals surface area (Å²) in [4.78, 5) is 12.4. The highest BCUT2D eigenvalue weighted by Gasteiger charge is 2.34. The Hall–Kier alpha value is -3.01. The predicted molar refractivity (Wildman–Crippen MR) is 105 cm³/mol. The molecular formula is C20H21FN4O4S. The molecule has 0 saturated heterocycles. The van der Waals surface area contributed by atoms with Crippen molar-refractivity contribution in [3.63, 3.8) is 0 Å². The van der Waals surface area contributed by atoms with E-state index in [4.69, 9.17) is 4.42 Å². The molecule has 1 unspecified atom stereocenters. The molecule has 1 atom stereocenters. The van der Waals surface area contributed by atoms with E-state index in [0.29, 0.717) is 17.1 Å². The summed E-state index contributed by atoms with van der Waals surface area (Å²) in [5.74, 6) is -0.495. The predicted octanol–water partition coefficient (Wildman–Crippen LogP) is 2.59. The van der Waals surface area contributed by atoms with Crippen LogP contribution in [0.3, 0.4) is 0 Å². The average Bonchev–Trinajstić information content (AvgIpc) is 3.22. The molecule has 10 heteroatoms. The molecule has 1 amide bonds. The van der Waals surface area contributed by atoms with E-state index < -0.39 is 27.5 Å². The zero-order valence-electron chi connectivity index (χ0n) is 16.3. The molecule has 1 saturated carbocycles. The molecule has 2 heterocycles. The zero-order valence-corrected chi connectivity index (χ0v) is 17.1. The van der Waals surface area contributed by atoms with Gasteiger partial charge in [-0.1, -0.05) is 12.1 Å². The zero-order chi connectivity index (χ0) is 21.3. The Bertz CT molecular complexity index is 1140. The molecule has 1 aromatic carbocycles. The SMILES string of the molecule is CC(NC(=O)CS(=O)(=O)c1nnc(C2CC2)n1Cc1ccco1)c1ccc(F)cc1. The van der Waals surface area contributed by atoms with Crippen LogP contribution >= 0.6 is 0 Å². The third-order valence-electron chi connectivity index (χ3n) is 4.93. The van der Waals surface area contributed by atoms with Crippen molar-refractivity contribution in [1.82, 2.24) is 20.1 Å². The third-order valence-corrected chi connectivity index (χ3v) is 6.43. The van der Waals surface area contributed by atoms with Crippen molar-refractivity contribution in [2.75, 3.05) is 5.75 Å². The summed E-state index contributed by atoms with van der Waals surface area (Å²) in [7, 11) is -4.04. The van der Waals surface area contributed by atoms with Crippen LogP contribution in [-0.4, -0.2) is 34.8 Å². The lowest BCUT2D eigenvalue weighted by Crippen LogP contribution is -2.33. The standard InChI is InChI=1S/C20H21FN4O4S/c1-13(14-6-8-16(21)9-7-14)22-18(26)12-30(27,28)20-24-23-19(15-4-5-15)25(20)11-17-3-2-10-29-17/h2-3,6-10,13,15H,4-5,11-12H2,1H3,(H,22,26). The Balaban J connectivity index is 1.51. The van der Waals surface area contributed by atoms with Crippen LogP contribution in [0.2, 0.25) is 0 Å². The number of carbonyl (C=O) groups is 1. The van der Waals surface area contributed by atoms with E-state index in [-0.39, 0.29) is 23.4 Å². The number of halogens is 1. The van der Waals surface area contributed by atoms with Crippen molar-refractivity contribution < 1.29 is 22.0 Å². The van der Waals surface area contributed by atoms with Crippen molar-refractivity contribution in [1.29, 1.82) is 0 Å². The van der Waals surface area contributed by atoms with E-state index in [0.717, 1.165) is 12.8 Å². The van der Waals surface area contributed by atoms with Crippen molar-refractivity contribution in [3.8, 4) is 0 Å². The fraction of sp³-hybridized carbons (Fsp3) is 0.350. The Morgan fingerprint density at radius 3 is 2.63 bits per heavy atom. The highest BCUT2D eigenvalue weighted by molar-refractivity contribution is 7.91. The molecular weight excluding hydrogens is 411 g/mol. The van der Waals surface area contributed by atoms with Crippen LogP contribution < -0.4 is 5.32 Å². The molecule has 158 valence electrons. The van der Waals surface area contributed by atoms with Crippen molar-refractivity contribution in [2.45, 2.75) is 43.4 Å². The normalized spacial score (nSPS) is 15.1. The average molecular weight is 432 g/mol. The smallest absolute Gasteiger partial charge is 0.250 e. The first-order chi connectivity index (χ1) is 14.3. The number of carbonyl (C=O) groups excluding carboxylic acids is 1. The van der Waals surface area contributed by atoms with Crippen LogP contribution in [-0.2, 0) is 21.2 Å². The van der Waals surface area contributed by atoms with Crippen molar-refractivity contribution >= 4 is 15.7 Å². The number of nitrogens with one attached hydrogen (secondary N) is 1. The lowest BCUT2D eigenvalue weighted by atomic mass is 10.1. The maximum Gasteiger partial charge on any atom is 0.250 e. The molecule has 1 aliphatic rings. The molecule has 1 fully saturated rings. The molecule has 0 radical (unpaired) electrons. The minimum Gasteiger partial charge on any atom is -0.467 e. The Morgan fingerprint density at radius 2 is 2.00 bits per heavy atom. The second-order valence-electron chi connectivity index (χ2n) is 7.38. The molecule has 1 aliphatic carbocycles. The lowest BCUT2D eigenvalue weighted by Gasteiger charge is -2.14. The van der Waals surface area contributed by atoms with Crippen LogP contribution in [0.25, 0.3) is 0 Å². The minimum atomic E-state index is -4.04. The van der Waals surface area contributed by atoms with Crippen LogP contribution in [0.5, 0.6) is 0 Å².